The van der Waals surface area contributed by atoms with E-state index in [4.69, 9.17) is 14.3 Å². The normalized spacial score (nSPS) is 14.1. The van der Waals surface area contributed by atoms with Crippen molar-refractivity contribution < 1.29 is 32.2 Å². The van der Waals surface area contributed by atoms with Gasteiger partial charge in [0.25, 0.3) is 0 Å². The van der Waals surface area contributed by atoms with Crippen molar-refractivity contribution in [2.45, 2.75) is 57.6 Å². The zero-order valence-electron chi connectivity index (χ0n) is 17.0. The molecule has 2 N–H and O–H groups in total. The molecule has 162 valence electrons. The monoisotopic (exact) mass is 449 g/mol. The third-order valence-electron chi connectivity index (χ3n) is 5.05. The van der Waals surface area contributed by atoms with Crippen LogP contribution in [0, 0.1) is 0 Å². The molecular formula is C19H26F3NO4SSi. The van der Waals surface area contributed by atoms with E-state index in [9.17, 15) is 18.0 Å². The quantitative estimate of drug-likeness (QED) is 0.461. The first-order chi connectivity index (χ1) is 13.2. The summed E-state index contributed by atoms with van der Waals surface area (Å²) in [7, 11) is -2.58. The van der Waals surface area contributed by atoms with E-state index in [1.807, 2.05) is 20.8 Å². The molecule has 0 fully saturated rings. The molecule has 10 heteroatoms. The molecule has 0 aliphatic carbocycles. The van der Waals surface area contributed by atoms with Crippen LogP contribution in [0.4, 0.5) is 23.7 Å². The molecule has 1 unspecified atom stereocenters. The molecule has 1 amide bonds. The van der Waals surface area contributed by atoms with Crippen molar-refractivity contribution >= 4 is 41.5 Å². The van der Waals surface area contributed by atoms with Crippen LogP contribution >= 0.6 is 11.3 Å². The van der Waals surface area contributed by atoms with Gasteiger partial charge in [0.1, 0.15) is 11.9 Å². The first kappa shape index (κ1) is 23.5. The van der Waals surface area contributed by atoms with Gasteiger partial charge in [-0.2, -0.15) is 13.2 Å². The molecule has 1 aromatic carbocycles. The lowest BCUT2D eigenvalue weighted by Gasteiger charge is -2.39. The minimum Gasteiger partial charge on any atom is -0.493 e. The highest BCUT2D eigenvalue weighted by Crippen LogP contribution is 2.40. The highest BCUT2D eigenvalue weighted by molar-refractivity contribution is 7.17. The van der Waals surface area contributed by atoms with Gasteiger partial charge in [0.05, 0.1) is 12.3 Å². The smallest absolute Gasteiger partial charge is 0.413 e. The van der Waals surface area contributed by atoms with Crippen LogP contribution in [0.15, 0.2) is 23.6 Å². The van der Waals surface area contributed by atoms with Gasteiger partial charge < -0.3 is 14.3 Å². The molecule has 2 aromatic rings. The van der Waals surface area contributed by atoms with Crippen LogP contribution in [-0.4, -0.2) is 38.4 Å². The Labute approximate surface area is 173 Å². The maximum atomic E-state index is 13.5. The number of anilines is 1. The summed E-state index contributed by atoms with van der Waals surface area (Å²) in [6.45, 7) is 9.13. The van der Waals surface area contributed by atoms with Gasteiger partial charge in [0.2, 0.25) is 0 Å². The summed E-state index contributed by atoms with van der Waals surface area (Å²) in [6.07, 6.45) is -7.80. The van der Waals surface area contributed by atoms with E-state index in [0.717, 1.165) is 4.70 Å². The number of carbonyl (C=O) groups is 1. The van der Waals surface area contributed by atoms with E-state index in [-0.39, 0.29) is 18.1 Å². The van der Waals surface area contributed by atoms with Gasteiger partial charge in [-0.3, -0.25) is 5.32 Å². The summed E-state index contributed by atoms with van der Waals surface area (Å²) in [5.74, 6) is 0.425. The number of ether oxygens (including phenoxy) is 1. The molecule has 0 radical (unpaired) electrons. The van der Waals surface area contributed by atoms with E-state index in [1.54, 1.807) is 36.7 Å². The van der Waals surface area contributed by atoms with Crippen molar-refractivity contribution in [3.63, 3.8) is 0 Å². The number of benzene rings is 1. The Morgan fingerprint density at radius 1 is 1.28 bits per heavy atom. The minimum absolute atomic E-state index is 0.143. The number of hydrogen-bond donors (Lipinski definition) is 2. The molecule has 0 saturated carbocycles. The Bertz CT molecular complexity index is 861. The lowest BCUT2D eigenvalue weighted by molar-refractivity contribution is -0.201. The second-order valence-electron chi connectivity index (χ2n) is 8.28. The van der Waals surface area contributed by atoms with Gasteiger partial charge in [-0.05, 0) is 36.3 Å². The number of amides is 1. The number of alkyl halides is 3. The molecule has 5 nitrogen and oxygen atoms in total. The highest BCUT2D eigenvalue weighted by atomic mass is 32.1. The Kier molecular flexibility index (Phi) is 6.91. The van der Waals surface area contributed by atoms with E-state index in [1.165, 1.54) is 11.3 Å². The fourth-order valence-corrected chi connectivity index (χ4v) is 4.65. The number of carboxylic acid groups (broad SMARTS) is 1. The summed E-state index contributed by atoms with van der Waals surface area (Å²) in [5, 5.41) is 13.2. The molecule has 0 saturated heterocycles. The lowest BCUT2D eigenvalue weighted by Crippen LogP contribution is -2.48. The molecular weight excluding hydrogens is 423 g/mol. The van der Waals surface area contributed by atoms with Gasteiger partial charge in [0.15, 0.2) is 8.32 Å². The van der Waals surface area contributed by atoms with Gasteiger partial charge in [-0.25, -0.2) is 4.79 Å². The standard InChI is InChI=1S/C19H26F3NO4SSi/c1-18(2,3)29(4,5)27-16(19(20,21)22)8-9-26-12-6-7-13-14(23-17(24)25)11-28-15(13)10-12/h6-7,10-11,16,23H,8-9H2,1-5H3,(H,24,25). The van der Waals surface area contributed by atoms with E-state index < -0.39 is 26.7 Å². The third-order valence-corrected chi connectivity index (χ3v) is 10.5. The van der Waals surface area contributed by atoms with Crippen LogP contribution in [0.3, 0.4) is 0 Å². The number of hydrogen-bond acceptors (Lipinski definition) is 4. The average molecular weight is 450 g/mol. The van der Waals surface area contributed by atoms with Crippen molar-refractivity contribution in [3.8, 4) is 5.75 Å². The number of halogens is 3. The number of thiophene rings is 1. The lowest BCUT2D eigenvalue weighted by atomic mass is 10.2. The molecule has 2 rings (SSSR count). The molecule has 0 aliphatic rings. The Morgan fingerprint density at radius 3 is 2.48 bits per heavy atom. The topological polar surface area (TPSA) is 67.8 Å². The summed E-state index contributed by atoms with van der Waals surface area (Å²) in [5.41, 5.74) is 0.462. The van der Waals surface area contributed by atoms with Crippen molar-refractivity contribution in [3.05, 3.63) is 23.6 Å². The number of rotatable bonds is 7. The fraction of sp³-hybridized carbons (Fsp3) is 0.526. The number of nitrogens with one attached hydrogen (secondary N) is 1. The van der Waals surface area contributed by atoms with E-state index >= 15 is 0 Å². The average Bonchev–Trinajstić information content (AvgIpc) is 2.93. The summed E-state index contributed by atoms with van der Waals surface area (Å²) >= 11 is 1.32. The van der Waals surface area contributed by atoms with E-state index in [0.29, 0.717) is 16.8 Å². The van der Waals surface area contributed by atoms with Gasteiger partial charge in [-0.1, -0.05) is 20.8 Å². The summed E-state index contributed by atoms with van der Waals surface area (Å²) in [4.78, 5) is 10.8. The maximum absolute atomic E-state index is 13.5. The molecule has 1 atom stereocenters. The largest absolute Gasteiger partial charge is 0.493 e. The van der Waals surface area contributed by atoms with Crippen molar-refractivity contribution in [1.82, 2.24) is 0 Å². The fourth-order valence-electron chi connectivity index (χ4n) is 2.42. The van der Waals surface area contributed by atoms with Gasteiger partial charge in [-0.15, -0.1) is 11.3 Å². The first-order valence-corrected chi connectivity index (χ1v) is 12.9. The molecule has 1 heterocycles. The van der Waals surface area contributed by atoms with Crippen LogP contribution in [-0.2, 0) is 4.43 Å². The van der Waals surface area contributed by atoms with Gasteiger partial charge in [0, 0.05) is 21.9 Å². The minimum atomic E-state index is -4.46. The Balaban J connectivity index is 2.04. The summed E-state index contributed by atoms with van der Waals surface area (Å²) < 4.78 is 52.3. The van der Waals surface area contributed by atoms with Gasteiger partial charge >= 0.3 is 12.3 Å². The Hall–Kier alpha value is -1.78. The van der Waals surface area contributed by atoms with Crippen molar-refractivity contribution in [2.24, 2.45) is 0 Å². The Morgan fingerprint density at radius 2 is 1.93 bits per heavy atom. The molecule has 0 bridgehead atoms. The first-order valence-electron chi connectivity index (χ1n) is 9.09. The zero-order valence-corrected chi connectivity index (χ0v) is 18.8. The van der Waals surface area contributed by atoms with Crippen LogP contribution in [0.25, 0.3) is 10.1 Å². The SMILES string of the molecule is CC(C)(C)[Si](C)(C)OC(CCOc1ccc2c(NC(=O)O)csc2c1)C(F)(F)F. The highest BCUT2D eigenvalue weighted by Gasteiger charge is 2.47. The number of fused-ring (bicyclic) bond motifs is 1. The predicted molar refractivity (Wildman–Crippen MR) is 112 cm³/mol. The predicted octanol–water partition coefficient (Wildman–Crippen LogP) is 6.71. The van der Waals surface area contributed by atoms with Crippen LogP contribution in [0.5, 0.6) is 5.75 Å². The second kappa shape index (κ2) is 8.53. The molecule has 0 aliphatic heterocycles. The maximum Gasteiger partial charge on any atom is 0.413 e. The molecule has 29 heavy (non-hydrogen) atoms. The second-order valence-corrected chi connectivity index (χ2v) is 14.0. The summed E-state index contributed by atoms with van der Waals surface area (Å²) in [6, 6.07) is 4.98. The third kappa shape index (κ3) is 6.10. The van der Waals surface area contributed by atoms with Crippen molar-refractivity contribution in [1.29, 1.82) is 0 Å². The molecule has 0 spiro atoms. The molecule has 1 aromatic heterocycles. The van der Waals surface area contributed by atoms with Crippen LogP contribution in [0.2, 0.25) is 18.1 Å². The van der Waals surface area contributed by atoms with Crippen LogP contribution < -0.4 is 10.1 Å². The van der Waals surface area contributed by atoms with E-state index in [2.05, 4.69) is 5.32 Å². The van der Waals surface area contributed by atoms with Crippen molar-refractivity contribution in [2.75, 3.05) is 11.9 Å². The van der Waals surface area contributed by atoms with Crippen LogP contribution in [0.1, 0.15) is 27.2 Å². The zero-order chi connectivity index (χ0) is 22.0.